The van der Waals surface area contributed by atoms with Crippen LogP contribution in [0.5, 0.6) is 0 Å². The highest BCUT2D eigenvalue weighted by atomic mass is 16.4. The Labute approximate surface area is 95.0 Å². The van der Waals surface area contributed by atoms with E-state index in [2.05, 4.69) is 29.2 Å². The molecule has 3 heteroatoms. The number of hydrogen-bond donors (Lipinski definition) is 1. The number of hydrogen-bond acceptors (Lipinski definition) is 2. The van der Waals surface area contributed by atoms with Gasteiger partial charge in [0.05, 0.1) is 0 Å². The standard InChI is InChI=1S/C13H15NO2/c15-13(16)6-3-8-14-9-7-11-4-1-2-5-12(11)10-14/h1-6H,7-10H2,(H,15,16)/b6-3+. The fourth-order valence-electron chi connectivity index (χ4n) is 2.01. The van der Waals surface area contributed by atoms with E-state index in [9.17, 15) is 4.79 Å². The number of carboxylic acid groups (broad SMARTS) is 1. The van der Waals surface area contributed by atoms with Gasteiger partial charge in [0, 0.05) is 25.7 Å². The minimum absolute atomic E-state index is 0.709. The first-order valence-corrected chi connectivity index (χ1v) is 5.44. The van der Waals surface area contributed by atoms with Crippen LogP contribution in [0.25, 0.3) is 0 Å². The minimum Gasteiger partial charge on any atom is -0.478 e. The molecule has 2 rings (SSSR count). The fraction of sp³-hybridized carbons (Fsp3) is 0.308. The summed E-state index contributed by atoms with van der Waals surface area (Å²) in [4.78, 5) is 12.6. The summed E-state index contributed by atoms with van der Waals surface area (Å²) in [6, 6.07) is 8.43. The fourth-order valence-corrected chi connectivity index (χ4v) is 2.01. The Kier molecular flexibility index (Phi) is 3.37. The second-order valence-corrected chi connectivity index (χ2v) is 3.99. The SMILES string of the molecule is O=C(O)/C=C/CN1CCc2ccccc2C1. The molecule has 0 saturated carbocycles. The molecule has 0 aromatic heterocycles. The van der Waals surface area contributed by atoms with Gasteiger partial charge in [-0.25, -0.2) is 4.79 Å². The maximum Gasteiger partial charge on any atom is 0.328 e. The molecule has 0 aliphatic carbocycles. The molecule has 1 heterocycles. The highest BCUT2D eigenvalue weighted by Gasteiger charge is 2.13. The lowest BCUT2D eigenvalue weighted by atomic mass is 10.00. The first-order valence-electron chi connectivity index (χ1n) is 5.44. The second-order valence-electron chi connectivity index (χ2n) is 3.99. The van der Waals surface area contributed by atoms with Crippen molar-refractivity contribution in [2.24, 2.45) is 0 Å². The Hall–Kier alpha value is -1.61. The molecule has 0 fully saturated rings. The number of fused-ring (bicyclic) bond motifs is 1. The summed E-state index contributed by atoms with van der Waals surface area (Å²) < 4.78 is 0. The van der Waals surface area contributed by atoms with Crippen LogP contribution in [0, 0.1) is 0 Å². The van der Waals surface area contributed by atoms with Gasteiger partial charge in [-0.15, -0.1) is 0 Å². The van der Waals surface area contributed by atoms with Gasteiger partial charge in [-0.3, -0.25) is 4.90 Å². The van der Waals surface area contributed by atoms with E-state index >= 15 is 0 Å². The van der Waals surface area contributed by atoms with Crippen LogP contribution in [-0.4, -0.2) is 29.1 Å². The van der Waals surface area contributed by atoms with E-state index in [1.807, 2.05) is 0 Å². The zero-order chi connectivity index (χ0) is 11.4. The molecular formula is C13H15NO2. The molecule has 0 spiro atoms. The van der Waals surface area contributed by atoms with Crippen LogP contribution in [0.2, 0.25) is 0 Å². The maximum atomic E-state index is 10.3. The molecule has 0 unspecified atom stereocenters. The van der Waals surface area contributed by atoms with Crippen molar-refractivity contribution in [1.82, 2.24) is 4.90 Å². The first-order chi connectivity index (χ1) is 7.75. The van der Waals surface area contributed by atoms with Crippen molar-refractivity contribution in [1.29, 1.82) is 0 Å². The van der Waals surface area contributed by atoms with Gasteiger partial charge in [0.2, 0.25) is 0 Å². The number of carboxylic acids is 1. The Balaban J connectivity index is 1.95. The minimum atomic E-state index is -0.877. The molecule has 1 aliphatic heterocycles. The summed E-state index contributed by atoms with van der Waals surface area (Å²) in [7, 11) is 0. The molecule has 0 saturated heterocycles. The summed E-state index contributed by atoms with van der Waals surface area (Å²) in [5, 5.41) is 8.50. The number of benzene rings is 1. The highest BCUT2D eigenvalue weighted by molar-refractivity contribution is 5.79. The Morgan fingerprint density at radius 3 is 2.88 bits per heavy atom. The molecule has 84 valence electrons. The molecule has 0 bridgehead atoms. The Morgan fingerprint density at radius 1 is 1.38 bits per heavy atom. The molecule has 3 nitrogen and oxygen atoms in total. The van der Waals surface area contributed by atoms with Gasteiger partial charge >= 0.3 is 5.97 Å². The van der Waals surface area contributed by atoms with Crippen LogP contribution in [0.4, 0.5) is 0 Å². The zero-order valence-corrected chi connectivity index (χ0v) is 9.10. The van der Waals surface area contributed by atoms with E-state index in [0.717, 1.165) is 19.5 Å². The van der Waals surface area contributed by atoms with Crippen molar-refractivity contribution in [2.45, 2.75) is 13.0 Å². The molecule has 16 heavy (non-hydrogen) atoms. The average molecular weight is 217 g/mol. The normalized spacial score (nSPS) is 16.2. The van der Waals surface area contributed by atoms with E-state index in [4.69, 9.17) is 5.11 Å². The largest absolute Gasteiger partial charge is 0.478 e. The molecule has 1 aromatic carbocycles. The van der Waals surface area contributed by atoms with E-state index in [0.29, 0.717) is 6.54 Å². The Bertz CT molecular complexity index is 412. The van der Waals surface area contributed by atoms with Crippen LogP contribution in [-0.2, 0) is 17.8 Å². The van der Waals surface area contributed by atoms with Crippen molar-refractivity contribution in [3.05, 3.63) is 47.5 Å². The zero-order valence-electron chi connectivity index (χ0n) is 9.10. The summed E-state index contributed by atoms with van der Waals surface area (Å²) >= 11 is 0. The third-order valence-corrected chi connectivity index (χ3v) is 2.83. The Morgan fingerprint density at radius 2 is 2.12 bits per heavy atom. The molecule has 1 aromatic rings. The molecular weight excluding hydrogens is 202 g/mol. The van der Waals surface area contributed by atoms with Crippen molar-refractivity contribution in [3.63, 3.8) is 0 Å². The monoisotopic (exact) mass is 217 g/mol. The smallest absolute Gasteiger partial charge is 0.328 e. The summed E-state index contributed by atoms with van der Waals surface area (Å²) in [6.45, 7) is 2.63. The van der Waals surface area contributed by atoms with E-state index < -0.39 is 5.97 Å². The van der Waals surface area contributed by atoms with E-state index in [-0.39, 0.29) is 0 Å². The van der Waals surface area contributed by atoms with Crippen molar-refractivity contribution in [3.8, 4) is 0 Å². The van der Waals surface area contributed by atoms with Gasteiger partial charge in [0.25, 0.3) is 0 Å². The lowest BCUT2D eigenvalue weighted by molar-refractivity contribution is -0.131. The van der Waals surface area contributed by atoms with Gasteiger partial charge < -0.3 is 5.11 Å². The van der Waals surface area contributed by atoms with Crippen LogP contribution in [0.1, 0.15) is 11.1 Å². The topological polar surface area (TPSA) is 40.5 Å². The van der Waals surface area contributed by atoms with Crippen molar-refractivity contribution in [2.75, 3.05) is 13.1 Å². The lowest BCUT2D eigenvalue weighted by Crippen LogP contribution is -2.30. The highest BCUT2D eigenvalue weighted by Crippen LogP contribution is 2.17. The third kappa shape index (κ3) is 2.70. The number of nitrogens with zero attached hydrogens (tertiary/aromatic N) is 1. The van der Waals surface area contributed by atoms with Gasteiger partial charge in [0.1, 0.15) is 0 Å². The van der Waals surface area contributed by atoms with Crippen molar-refractivity contribution < 1.29 is 9.90 Å². The van der Waals surface area contributed by atoms with Gasteiger partial charge in [-0.05, 0) is 17.5 Å². The second kappa shape index (κ2) is 4.94. The van der Waals surface area contributed by atoms with Gasteiger partial charge in [-0.1, -0.05) is 30.3 Å². The van der Waals surface area contributed by atoms with Crippen molar-refractivity contribution >= 4 is 5.97 Å². The summed E-state index contributed by atoms with van der Waals surface area (Å²) in [5.41, 5.74) is 2.78. The first kappa shape index (κ1) is 10.9. The predicted octanol–water partition coefficient (Wildman–Crippen LogP) is 1.69. The maximum absolute atomic E-state index is 10.3. The summed E-state index contributed by atoms with van der Waals surface area (Å²) in [5.74, 6) is -0.877. The van der Waals surface area contributed by atoms with Crippen LogP contribution >= 0.6 is 0 Å². The van der Waals surface area contributed by atoms with Crippen LogP contribution in [0.3, 0.4) is 0 Å². The number of aliphatic carboxylic acids is 1. The predicted molar refractivity (Wildman–Crippen MR) is 62.2 cm³/mol. The third-order valence-electron chi connectivity index (χ3n) is 2.83. The number of carbonyl (C=O) groups is 1. The van der Waals surface area contributed by atoms with Crippen LogP contribution in [0.15, 0.2) is 36.4 Å². The lowest BCUT2D eigenvalue weighted by Gasteiger charge is -2.27. The average Bonchev–Trinajstić information content (AvgIpc) is 2.28. The number of rotatable bonds is 3. The molecule has 0 amide bonds. The van der Waals surface area contributed by atoms with Gasteiger partial charge in [0.15, 0.2) is 0 Å². The molecule has 0 radical (unpaired) electrons. The quantitative estimate of drug-likeness (QED) is 0.783. The van der Waals surface area contributed by atoms with Gasteiger partial charge in [-0.2, -0.15) is 0 Å². The summed E-state index contributed by atoms with van der Waals surface area (Å²) in [6.07, 6.45) is 3.97. The molecule has 1 N–H and O–H groups in total. The van der Waals surface area contributed by atoms with E-state index in [1.165, 1.54) is 17.2 Å². The molecule has 0 atom stereocenters. The molecule has 1 aliphatic rings. The van der Waals surface area contributed by atoms with Crippen LogP contribution < -0.4 is 0 Å². The van der Waals surface area contributed by atoms with E-state index in [1.54, 1.807) is 6.08 Å².